The summed E-state index contributed by atoms with van der Waals surface area (Å²) in [5, 5.41) is 2.89. The molecule has 0 aromatic heterocycles. The Morgan fingerprint density at radius 2 is 1.92 bits per heavy atom. The molecule has 5 heteroatoms. The summed E-state index contributed by atoms with van der Waals surface area (Å²) < 4.78 is 5.77. The lowest BCUT2D eigenvalue weighted by Crippen LogP contribution is -2.41. The second kappa shape index (κ2) is 10.2. The Bertz CT molecular complexity index is 568. The second-order valence-electron chi connectivity index (χ2n) is 6.75. The van der Waals surface area contributed by atoms with Crippen molar-refractivity contribution in [1.29, 1.82) is 0 Å². The molecule has 138 valence electrons. The minimum Gasteiger partial charge on any atom is -0.368 e. The van der Waals surface area contributed by atoms with E-state index in [1.54, 1.807) is 4.90 Å². The third kappa shape index (κ3) is 6.50. The molecule has 0 unspecified atom stereocenters. The zero-order chi connectivity index (χ0) is 18.1. The fourth-order valence-corrected chi connectivity index (χ4v) is 3.15. The summed E-state index contributed by atoms with van der Waals surface area (Å²) in [6, 6.07) is 7.63. The van der Waals surface area contributed by atoms with E-state index >= 15 is 0 Å². The van der Waals surface area contributed by atoms with Gasteiger partial charge < -0.3 is 15.0 Å². The highest BCUT2D eigenvalue weighted by Crippen LogP contribution is 2.20. The fourth-order valence-electron chi connectivity index (χ4n) is 3.15. The average molecular weight is 346 g/mol. The number of hydrogen-bond donors (Lipinski definition) is 1. The van der Waals surface area contributed by atoms with Gasteiger partial charge in [0.25, 0.3) is 0 Å². The third-order valence-electron chi connectivity index (χ3n) is 4.59. The van der Waals surface area contributed by atoms with Crippen LogP contribution in [0.4, 0.5) is 5.69 Å². The minimum atomic E-state index is -0.172. The maximum atomic E-state index is 12.5. The molecule has 2 amide bonds. The van der Waals surface area contributed by atoms with Gasteiger partial charge in [0, 0.05) is 12.2 Å². The molecular formula is C20H30N2O3. The molecule has 1 aliphatic carbocycles. The van der Waals surface area contributed by atoms with Crippen molar-refractivity contribution in [2.45, 2.75) is 58.5 Å². The predicted octanol–water partition coefficient (Wildman–Crippen LogP) is 3.52. The van der Waals surface area contributed by atoms with E-state index < -0.39 is 0 Å². The van der Waals surface area contributed by atoms with E-state index in [1.807, 2.05) is 38.1 Å². The van der Waals surface area contributed by atoms with Crippen LogP contribution in [0.25, 0.3) is 0 Å². The van der Waals surface area contributed by atoms with Crippen molar-refractivity contribution in [2.75, 3.05) is 25.0 Å². The minimum absolute atomic E-state index is 0.0645. The average Bonchev–Trinajstić information content (AvgIpc) is 2.62. The van der Waals surface area contributed by atoms with E-state index in [2.05, 4.69) is 5.32 Å². The molecule has 0 aliphatic heterocycles. The molecule has 0 heterocycles. The first-order valence-corrected chi connectivity index (χ1v) is 9.35. The number of benzene rings is 1. The monoisotopic (exact) mass is 346 g/mol. The van der Waals surface area contributed by atoms with Crippen molar-refractivity contribution in [3.63, 3.8) is 0 Å². The van der Waals surface area contributed by atoms with Crippen LogP contribution in [0, 0.1) is 6.92 Å². The van der Waals surface area contributed by atoms with Gasteiger partial charge in [-0.25, -0.2) is 0 Å². The van der Waals surface area contributed by atoms with E-state index in [0.717, 1.165) is 30.5 Å². The molecule has 1 aliphatic rings. The molecule has 0 saturated heterocycles. The number of rotatable bonds is 8. The molecule has 0 bridgehead atoms. The van der Waals surface area contributed by atoms with E-state index in [9.17, 15) is 9.59 Å². The fraction of sp³-hybridized carbons (Fsp3) is 0.600. The van der Waals surface area contributed by atoms with Gasteiger partial charge in [-0.1, -0.05) is 44.4 Å². The largest absolute Gasteiger partial charge is 0.368 e. The van der Waals surface area contributed by atoms with Crippen molar-refractivity contribution in [3.05, 3.63) is 29.8 Å². The van der Waals surface area contributed by atoms with Gasteiger partial charge in [-0.05, 0) is 37.8 Å². The Labute approximate surface area is 150 Å². The van der Waals surface area contributed by atoms with Gasteiger partial charge in [0.15, 0.2) is 0 Å². The van der Waals surface area contributed by atoms with E-state index in [1.165, 1.54) is 19.3 Å². The van der Waals surface area contributed by atoms with Crippen LogP contribution in [0.1, 0.15) is 51.0 Å². The highest BCUT2D eigenvalue weighted by atomic mass is 16.5. The Morgan fingerprint density at radius 3 is 2.60 bits per heavy atom. The summed E-state index contributed by atoms with van der Waals surface area (Å²) >= 11 is 0. The quantitative estimate of drug-likeness (QED) is 0.783. The summed E-state index contributed by atoms with van der Waals surface area (Å²) in [5.74, 6) is -0.277. The molecule has 0 spiro atoms. The van der Waals surface area contributed by atoms with Crippen molar-refractivity contribution in [1.82, 2.24) is 4.90 Å². The lowest BCUT2D eigenvalue weighted by molar-refractivity contribution is -0.141. The third-order valence-corrected chi connectivity index (χ3v) is 4.59. The van der Waals surface area contributed by atoms with Gasteiger partial charge in [-0.3, -0.25) is 9.59 Å². The number of nitrogens with one attached hydrogen (secondary N) is 1. The first-order valence-electron chi connectivity index (χ1n) is 9.35. The molecule has 1 fully saturated rings. The van der Waals surface area contributed by atoms with Gasteiger partial charge in [0.2, 0.25) is 11.8 Å². The Balaban J connectivity index is 1.84. The SMILES string of the molecule is CCCN(CC(=O)Nc1ccccc1C)C(=O)COC1CCCCC1. The van der Waals surface area contributed by atoms with Crippen molar-refractivity contribution in [2.24, 2.45) is 0 Å². The summed E-state index contributed by atoms with van der Waals surface area (Å²) in [6.07, 6.45) is 6.69. The number of aryl methyl sites for hydroxylation is 1. The Hall–Kier alpha value is -1.88. The number of carbonyl (C=O) groups excluding carboxylic acids is 2. The molecule has 1 saturated carbocycles. The first-order chi connectivity index (χ1) is 12.1. The first kappa shape index (κ1) is 19.4. The molecule has 2 rings (SSSR count). The molecule has 5 nitrogen and oxygen atoms in total. The summed E-state index contributed by atoms with van der Waals surface area (Å²) in [7, 11) is 0. The number of ether oxygens (including phenoxy) is 1. The van der Waals surface area contributed by atoms with Gasteiger partial charge in [0.05, 0.1) is 12.6 Å². The number of para-hydroxylation sites is 1. The topological polar surface area (TPSA) is 58.6 Å². The van der Waals surface area contributed by atoms with Crippen LogP contribution in [-0.2, 0) is 14.3 Å². The van der Waals surface area contributed by atoms with Crippen LogP contribution in [0.2, 0.25) is 0 Å². The lowest BCUT2D eigenvalue weighted by atomic mass is 9.98. The zero-order valence-electron chi connectivity index (χ0n) is 15.4. The number of nitrogens with zero attached hydrogens (tertiary/aromatic N) is 1. The summed E-state index contributed by atoms with van der Waals surface area (Å²) in [5.41, 5.74) is 1.79. The van der Waals surface area contributed by atoms with Crippen LogP contribution in [0.5, 0.6) is 0 Å². The van der Waals surface area contributed by atoms with Gasteiger partial charge in [0.1, 0.15) is 6.61 Å². The van der Waals surface area contributed by atoms with Gasteiger partial charge >= 0.3 is 0 Å². The predicted molar refractivity (Wildman–Crippen MR) is 99.5 cm³/mol. The number of carbonyl (C=O) groups is 2. The second-order valence-corrected chi connectivity index (χ2v) is 6.75. The maximum absolute atomic E-state index is 12.5. The van der Waals surface area contributed by atoms with Crippen LogP contribution < -0.4 is 5.32 Å². The summed E-state index contributed by atoms with van der Waals surface area (Å²) in [6.45, 7) is 4.65. The molecule has 1 aromatic rings. The van der Waals surface area contributed by atoms with Crippen molar-refractivity contribution in [3.8, 4) is 0 Å². The molecular weight excluding hydrogens is 316 g/mol. The standard InChI is InChI=1S/C20H30N2O3/c1-3-13-22(20(24)15-25-17-10-5-4-6-11-17)14-19(23)21-18-12-8-7-9-16(18)2/h7-9,12,17H,3-6,10-11,13-15H2,1-2H3,(H,21,23). The number of amides is 2. The van der Waals surface area contributed by atoms with E-state index in [4.69, 9.17) is 4.74 Å². The van der Waals surface area contributed by atoms with Crippen LogP contribution in [-0.4, -0.2) is 42.5 Å². The number of hydrogen-bond acceptors (Lipinski definition) is 3. The maximum Gasteiger partial charge on any atom is 0.249 e. The van der Waals surface area contributed by atoms with Crippen LogP contribution >= 0.6 is 0 Å². The van der Waals surface area contributed by atoms with Crippen LogP contribution in [0.3, 0.4) is 0 Å². The van der Waals surface area contributed by atoms with E-state index in [-0.39, 0.29) is 31.1 Å². The van der Waals surface area contributed by atoms with Crippen molar-refractivity contribution >= 4 is 17.5 Å². The Kier molecular flexibility index (Phi) is 7.92. The highest BCUT2D eigenvalue weighted by molar-refractivity contribution is 5.95. The highest BCUT2D eigenvalue weighted by Gasteiger charge is 2.20. The van der Waals surface area contributed by atoms with Crippen LogP contribution in [0.15, 0.2) is 24.3 Å². The molecule has 1 N–H and O–H groups in total. The van der Waals surface area contributed by atoms with E-state index in [0.29, 0.717) is 6.54 Å². The van der Waals surface area contributed by atoms with Gasteiger partial charge in [-0.2, -0.15) is 0 Å². The lowest BCUT2D eigenvalue weighted by Gasteiger charge is -2.25. The normalized spacial score (nSPS) is 15.0. The van der Waals surface area contributed by atoms with Gasteiger partial charge in [-0.15, -0.1) is 0 Å². The molecule has 1 aromatic carbocycles. The smallest absolute Gasteiger partial charge is 0.249 e. The molecule has 0 radical (unpaired) electrons. The zero-order valence-corrected chi connectivity index (χ0v) is 15.4. The van der Waals surface area contributed by atoms with Crippen molar-refractivity contribution < 1.29 is 14.3 Å². The molecule has 0 atom stereocenters. The number of anilines is 1. The summed E-state index contributed by atoms with van der Waals surface area (Å²) in [4.78, 5) is 26.4. The molecule has 25 heavy (non-hydrogen) atoms. The Morgan fingerprint density at radius 1 is 1.20 bits per heavy atom.